The number of Topliss-reactive ketones (excluding diaryl/α,β-unsaturated/α-hetero) is 1. The Kier molecular flexibility index (Phi) is 2.33. The third-order valence-electron chi connectivity index (χ3n) is 4.42. The Morgan fingerprint density at radius 3 is 2.67 bits per heavy atom. The van der Waals surface area contributed by atoms with Gasteiger partial charge in [0.25, 0.3) is 0 Å². The molecule has 1 heteroatoms. The lowest BCUT2D eigenvalue weighted by molar-refractivity contribution is -0.139. The third-order valence-corrected chi connectivity index (χ3v) is 4.42. The van der Waals surface area contributed by atoms with Gasteiger partial charge in [-0.15, -0.1) is 0 Å². The number of carbonyl (C=O) groups is 1. The third kappa shape index (κ3) is 1.77. The van der Waals surface area contributed by atoms with Crippen LogP contribution in [0, 0.1) is 16.7 Å². The summed E-state index contributed by atoms with van der Waals surface area (Å²) in [5.41, 5.74) is 1.65. The van der Waals surface area contributed by atoms with E-state index in [1.807, 2.05) is 0 Å². The summed E-state index contributed by atoms with van der Waals surface area (Å²) < 4.78 is 0. The highest BCUT2D eigenvalue weighted by atomic mass is 16.1. The van der Waals surface area contributed by atoms with Gasteiger partial charge < -0.3 is 0 Å². The maximum absolute atomic E-state index is 12.2. The molecular weight excluding hydrogens is 184 g/mol. The first-order valence-electron chi connectivity index (χ1n) is 6.02. The fourth-order valence-electron chi connectivity index (χ4n) is 3.26. The Bertz CT molecular complexity index is 324. The van der Waals surface area contributed by atoms with Crippen LogP contribution in [0.5, 0.6) is 0 Å². The number of carbonyl (C=O) groups excluding carboxylic acids is 1. The molecule has 1 saturated carbocycles. The van der Waals surface area contributed by atoms with Crippen molar-refractivity contribution in [2.75, 3.05) is 0 Å². The lowest BCUT2D eigenvalue weighted by atomic mass is 9.55. The van der Waals surface area contributed by atoms with E-state index < -0.39 is 0 Å². The Labute approximate surface area is 92.9 Å². The van der Waals surface area contributed by atoms with Crippen LogP contribution in [0.25, 0.3) is 0 Å². The molecule has 0 radical (unpaired) electrons. The molecule has 2 aliphatic carbocycles. The van der Waals surface area contributed by atoms with Gasteiger partial charge in [-0.05, 0) is 37.5 Å². The van der Waals surface area contributed by atoms with Crippen LogP contribution in [0.4, 0.5) is 0 Å². The number of ketones is 1. The number of rotatable bonds is 0. The first kappa shape index (κ1) is 10.9. The number of fused-ring (bicyclic) bond motifs is 1. The van der Waals surface area contributed by atoms with Crippen molar-refractivity contribution in [3.05, 3.63) is 11.6 Å². The molecule has 0 aromatic rings. The topological polar surface area (TPSA) is 17.1 Å². The maximum atomic E-state index is 12.2. The Balaban J connectivity index is 2.31. The van der Waals surface area contributed by atoms with Crippen LogP contribution in [-0.4, -0.2) is 5.78 Å². The van der Waals surface area contributed by atoms with Crippen molar-refractivity contribution >= 4 is 5.78 Å². The van der Waals surface area contributed by atoms with E-state index in [4.69, 9.17) is 0 Å². The standard InChI is InChI=1S/C14H22O/c1-10-5-6-14(4)11(7-10)8-13(2,3)9-12(14)15/h5,11H,6-9H2,1-4H3/t11-,14-/m1/s1. The predicted molar refractivity (Wildman–Crippen MR) is 62.6 cm³/mol. The maximum Gasteiger partial charge on any atom is 0.139 e. The monoisotopic (exact) mass is 206 g/mol. The summed E-state index contributed by atoms with van der Waals surface area (Å²) in [6, 6.07) is 0. The highest BCUT2D eigenvalue weighted by molar-refractivity contribution is 5.86. The van der Waals surface area contributed by atoms with Gasteiger partial charge in [-0.25, -0.2) is 0 Å². The van der Waals surface area contributed by atoms with Gasteiger partial charge in [0.15, 0.2) is 0 Å². The van der Waals surface area contributed by atoms with Crippen LogP contribution >= 0.6 is 0 Å². The van der Waals surface area contributed by atoms with E-state index in [9.17, 15) is 4.79 Å². The molecule has 0 unspecified atom stereocenters. The molecule has 0 amide bonds. The Hall–Kier alpha value is -0.590. The zero-order valence-electron chi connectivity index (χ0n) is 10.4. The van der Waals surface area contributed by atoms with Crippen LogP contribution in [0.2, 0.25) is 0 Å². The molecule has 0 spiro atoms. The minimum absolute atomic E-state index is 0.0466. The molecule has 1 nitrogen and oxygen atoms in total. The molecule has 0 aliphatic heterocycles. The van der Waals surface area contributed by atoms with Gasteiger partial charge in [0.05, 0.1) is 0 Å². The van der Waals surface area contributed by atoms with Crippen molar-refractivity contribution in [1.29, 1.82) is 0 Å². The first-order chi connectivity index (χ1) is 6.83. The average molecular weight is 206 g/mol. The highest BCUT2D eigenvalue weighted by Crippen LogP contribution is 2.52. The molecule has 0 bridgehead atoms. The van der Waals surface area contributed by atoms with Crippen molar-refractivity contribution in [2.24, 2.45) is 16.7 Å². The minimum Gasteiger partial charge on any atom is -0.299 e. The lowest BCUT2D eigenvalue weighted by Gasteiger charge is -2.48. The normalized spacial score (nSPS) is 39.6. The Morgan fingerprint density at radius 1 is 1.33 bits per heavy atom. The van der Waals surface area contributed by atoms with Crippen molar-refractivity contribution in [3.63, 3.8) is 0 Å². The van der Waals surface area contributed by atoms with Crippen LogP contribution in [0.1, 0.15) is 53.4 Å². The number of hydrogen-bond acceptors (Lipinski definition) is 1. The van der Waals surface area contributed by atoms with Crippen LogP contribution in [-0.2, 0) is 4.79 Å². The van der Waals surface area contributed by atoms with Crippen molar-refractivity contribution in [3.8, 4) is 0 Å². The second kappa shape index (κ2) is 3.20. The fraction of sp³-hybridized carbons (Fsp3) is 0.786. The molecule has 0 aromatic carbocycles. The number of allylic oxidation sites excluding steroid dienone is 2. The summed E-state index contributed by atoms with van der Waals surface area (Å²) in [6.07, 6.45) is 6.35. The summed E-state index contributed by atoms with van der Waals surface area (Å²) >= 11 is 0. The van der Waals surface area contributed by atoms with Crippen LogP contribution in [0.3, 0.4) is 0 Å². The lowest BCUT2D eigenvalue weighted by Crippen LogP contribution is -2.46. The van der Waals surface area contributed by atoms with Crippen LogP contribution in [0.15, 0.2) is 11.6 Å². The van der Waals surface area contributed by atoms with Gasteiger partial charge in [0.2, 0.25) is 0 Å². The van der Waals surface area contributed by atoms with Crippen molar-refractivity contribution in [1.82, 2.24) is 0 Å². The van der Waals surface area contributed by atoms with Gasteiger partial charge in [-0.3, -0.25) is 4.79 Å². The van der Waals surface area contributed by atoms with Crippen molar-refractivity contribution < 1.29 is 4.79 Å². The molecule has 2 aliphatic rings. The predicted octanol–water partition coefficient (Wildman–Crippen LogP) is 3.74. The summed E-state index contributed by atoms with van der Waals surface area (Å²) in [6.45, 7) is 8.85. The molecular formula is C14H22O. The summed E-state index contributed by atoms with van der Waals surface area (Å²) in [7, 11) is 0. The number of hydrogen-bond donors (Lipinski definition) is 0. The van der Waals surface area contributed by atoms with E-state index >= 15 is 0 Å². The molecule has 2 rings (SSSR count). The van der Waals surface area contributed by atoms with Gasteiger partial charge in [0.1, 0.15) is 5.78 Å². The van der Waals surface area contributed by atoms with E-state index in [0.717, 1.165) is 19.3 Å². The molecule has 0 N–H and O–H groups in total. The largest absolute Gasteiger partial charge is 0.299 e. The smallest absolute Gasteiger partial charge is 0.139 e. The fourth-order valence-corrected chi connectivity index (χ4v) is 3.26. The van der Waals surface area contributed by atoms with Crippen molar-refractivity contribution in [2.45, 2.75) is 53.4 Å². The van der Waals surface area contributed by atoms with E-state index in [1.54, 1.807) is 0 Å². The minimum atomic E-state index is -0.0466. The summed E-state index contributed by atoms with van der Waals surface area (Å²) in [4.78, 5) is 12.2. The quantitative estimate of drug-likeness (QED) is 0.552. The second-order valence-corrected chi connectivity index (χ2v) is 6.54. The highest BCUT2D eigenvalue weighted by Gasteiger charge is 2.49. The second-order valence-electron chi connectivity index (χ2n) is 6.54. The molecule has 0 aromatic heterocycles. The summed E-state index contributed by atoms with van der Waals surface area (Å²) in [5, 5.41) is 0. The molecule has 15 heavy (non-hydrogen) atoms. The zero-order valence-corrected chi connectivity index (χ0v) is 10.4. The van der Waals surface area contributed by atoms with Gasteiger partial charge in [0, 0.05) is 11.8 Å². The molecule has 84 valence electrons. The zero-order chi connectivity index (χ0) is 11.3. The molecule has 0 saturated heterocycles. The molecule has 1 fully saturated rings. The molecule has 2 atom stereocenters. The van der Waals surface area contributed by atoms with E-state index in [-0.39, 0.29) is 10.8 Å². The SMILES string of the molecule is CC1=CC[C@@]2(C)C(=O)CC(C)(C)C[C@H]2C1. The van der Waals surface area contributed by atoms with E-state index in [1.165, 1.54) is 12.0 Å². The summed E-state index contributed by atoms with van der Waals surface area (Å²) in [5.74, 6) is 1.08. The van der Waals surface area contributed by atoms with Gasteiger partial charge in [-0.2, -0.15) is 0 Å². The molecule has 0 heterocycles. The van der Waals surface area contributed by atoms with Crippen LogP contribution < -0.4 is 0 Å². The first-order valence-corrected chi connectivity index (χ1v) is 6.02. The van der Waals surface area contributed by atoms with E-state index in [0.29, 0.717) is 11.7 Å². The van der Waals surface area contributed by atoms with Gasteiger partial charge >= 0.3 is 0 Å². The van der Waals surface area contributed by atoms with E-state index in [2.05, 4.69) is 33.8 Å². The Morgan fingerprint density at radius 2 is 2.00 bits per heavy atom. The van der Waals surface area contributed by atoms with Gasteiger partial charge in [-0.1, -0.05) is 32.4 Å². The average Bonchev–Trinajstić information content (AvgIpc) is 2.08.